The smallest absolute Gasteiger partial charge is 0.171 e. The molecule has 20 heavy (non-hydrogen) atoms. The molecule has 3 nitrogen and oxygen atoms in total. The number of anilines is 2. The molecule has 104 valence electrons. The van der Waals surface area contributed by atoms with Crippen LogP contribution in [0.1, 0.15) is 5.56 Å². The largest absolute Gasteiger partial charge is 0.378 e. The maximum atomic E-state index is 5.27. The number of hydrogen-bond acceptors (Lipinski definition) is 2. The van der Waals surface area contributed by atoms with Crippen molar-refractivity contribution < 1.29 is 0 Å². The van der Waals surface area contributed by atoms with Gasteiger partial charge in [-0.05, 0) is 42.0 Å². The maximum Gasteiger partial charge on any atom is 0.171 e. The molecule has 0 heterocycles. The third-order valence-electron chi connectivity index (χ3n) is 2.94. The van der Waals surface area contributed by atoms with Crippen LogP contribution >= 0.6 is 12.2 Å². The molecule has 0 unspecified atom stereocenters. The lowest BCUT2D eigenvalue weighted by molar-refractivity contribution is 0.925. The van der Waals surface area contributed by atoms with Gasteiger partial charge >= 0.3 is 0 Å². The van der Waals surface area contributed by atoms with Crippen LogP contribution in [0.5, 0.6) is 0 Å². The lowest BCUT2D eigenvalue weighted by Crippen LogP contribution is -2.27. The van der Waals surface area contributed by atoms with Gasteiger partial charge < -0.3 is 15.5 Å². The van der Waals surface area contributed by atoms with Crippen molar-refractivity contribution in [2.75, 3.05) is 24.3 Å². The van der Waals surface area contributed by atoms with Gasteiger partial charge in [0.05, 0.1) is 0 Å². The molecule has 2 rings (SSSR count). The second-order valence-corrected chi connectivity index (χ2v) is 5.14. The highest BCUT2D eigenvalue weighted by Gasteiger charge is 1.99. The van der Waals surface area contributed by atoms with E-state index in [1.165, 1.54) is 11.3 Å². The zero-order valence-electron chi connectivity index (χ0n) is 11.8. The zero-order valence-corrected chi connectivity index (χ0v) is 12.6. The first kappa shape index (κ1) is 14.3. The van der Waals surface area contributed by atoms with Crippen molar-refractivity contribution in [1.29, 1.82) is 0 Å². The van der Waals surface area contributed by atoms with E-state index < -0.39 is 0 Å². The lowest BCUT2D eigenvalue weighted by Gasteiger charge is -2.14. The van der Waals surface area contributed by atoms with E-state index in [9.17, 15) is 0 Å². The van der Waals surface area contributed by atoms with Crippen LogP contribution < -0.4 is 15.5 Å². The molecule has 0 spiro atoms. The summed E-state index contributed by atoms with van der Waals surface area (Å²) in [5, 5.41) is 6.99. The summed E-state index contributed by atoms with van der Waals surface area (Å²) in [5.74, 6) is 0. The van der Waals surface area contributed by atoms with Gasteiger partial charge in [0.25, 0.3) is 0 Å². The monoisotopic (exact) mass is 285 g/mol. The molecule has 2 N–H and O–H groups in total. The number of nitrogens with one attached hydrogen (secondary N) is 2. The average Bonchev–Trinajstić information content (AvgIpc) is 2.46. The van der Waals surface area contributed by atoms with Gasteiger partial charge in [-0.2, -0.15) is 0 Å². The molecule has 0 saturated carbocycles. The van der Waals surface area contributed by atoms with E-state index >= 15 is 0 Å². The quantitative estimate of drug-likeness (QED) is 0.843. The summed E-state index contributed by atoms with van der Waals surface area (Å²) in [6.45, 7) is 0.715. The average molecular weight is 285 g/mol. The van der Waals surface area contributed by atoms with E-state index in [4.69, 9.17) is 12.2 Å². The molecule has 0 aliphatic heterocycles. The first-order valence-electron chi connectivity index (χ1n) is 6.51. The molecule has 2 aromatic rings. The van der Waals surface area contributed by atoms with Crippen molar-refractivity contribution in [2.45, 2.75) is 6.54 Å². The lowest BCUT2D eigenvalue weighted by atomic mass is 10.2. The molecule has 0 saturated heterocycles. The topological polar surface area (TPSA) is 27.3 Å². The van der Waals surface area contributed by atoms with Crippen molar-refractivity contribution in [3.05, 3.63) is 60.2 Å². The molecule has 0 aromatic heterocycles. The third-order valence-corrected chi connectivity index (χ3v) is 3.18. The first-order chi connectivity index (χ1) is 9.65. The molecule has 0 aliphatic carbocycles. The van der Waals surface area contributed by atoms with E-state index in [1.807, 2.05) is 44.4 Å². The highest BCUT2D eigenvalue weighted by Crippen LogP contribution is 2.12. The number of hydrogen-bond donors (Lipinski definition) is 2. The Morgan fingerprint density at radius 1 is 1.00 bits per heavy atom. The van der Waals surface area contributed by atoms with Gasteiger partial charge in [0.2, 0.25) is 0 Å². The van der Waals surface area contributed by atoms with Crippen LogP contribution in [0.2, 0.25) is 0 Å². The SMILES string of the molecule is CN(C)c1ccc(CNC(=S)Nc2ccccc2)cc1. The van der Waals surface area contributed by atoms with E-state index in [-0.39, 0.29) is 0 Å². The molecule has 0 aliphatic rings. The van der Waals surface area contributed by atoms with Crippen molar-refractivity contribution >= 4 is 28.7 Å². The van der Waals surface area contributed by atoms with Crippen LogP contribution in [-0.4, -0.2) is 19.2 Å². The summed E-state index contributed by atoms with van der Waals surface area (Å²) >= 11 is 5.27. The Balaban J connectivity index is 1.84. The molecule has 0 fully saturated rings. The Kier molecular flexibility index (Phi) is 4.96. The Hall–Kier alpha value is -2.07. The molecule has 4 heteroatoms. The van der Waals surface area contributed by atoms with Crippen LogP contribution in [0.4, 0.5) is 11.4 Å². The minimum Gasteiger partial charge on any atom is -0.378 e. The fraction of sp³-hybridized carbons (Fsp3) is 0.188. The van der Waals surface area contributed by atoms with Gasteiger partial charge in [-0.15, -0.1) is 0 Å². The van der Waals surface area contributed by atoms with Gasteiger partial charge in [0.1, 0.15) is 0 Å². The van der Waals surface area contributed by atoms with Crippen LogP contribution in [0.3, 0.4) is 0 Å². The van der Waals surface area contributed by atoms with Crippen molar-refractivity contribution in [1.82, 2.24) is 5.32 Å². The van der Waals surface area contributed by atoms with E-state index in [0.717, 1.165) is 5.69 Å². The minimum absolute atomic E-state index is 0.632. The fourth-order valence-electron chi connectivity index (χ4n) is 1.79. The molecular formula is C16H19N3S. The summed E-state index contributed by atoms with van der Waals surface area (Å²) in [7, 11) is 4.07. The number of thiocarbonyl (C=S) groups is 1. The van der Waals surface area contributed by atoms with Crippen LogP contribution in [0.25, 0.3) is 0 Å². The number of rotatable bonds is 4. The summed E-state index contributed by atoms with van der Waals surface area (Å²) in [5.41, 5.74) is 3.39. The summed E-state index contributed by atoms with van der Waals surface area (Å²) in [4.78, 5) is 2.08. The Morgan fingerprint density at radius 2 is 1.65 bits per heavy atom. The Labute approximate surface area is 125 Å². The van der Waals surface area contributed by atoms with E-state index in [2.05, 4.69) is 39.8 Å². The summed E-state index contributed by atoms with van der Waals surface area (Å²) in [6, 6.07) is 18.3. The van der Waals surface area contributed by atoms with Crippen LogP contribution in [0, 0.1) is 0 Å². The van der Waals surface area contributed by atoms with Crippen molar-refractivity contribution in [2.24, 2.45) is 0 Å². The molecule has 0 amide bonds. The number of para-hydroxylation sites is 1. The third kappa shape index (κ3) is 4.24. The molecule has 2 aromatic carbocycles. The van der Waals surface area contributed by atoms with E-state index in [1.54, 1.807) is 0 Å². The van der Waals surface area contributed by atoms with Crippen molar-refractivity contribution in [3.63, 3.8) is 0 Å². The molecule has 0 radical (unpaired) electrons. The summed E-state index contributed by atoms with van der Waals surface area (Å²) in [6.07, 6.45) is 0. The van der Waals surface area contributed by atoms with E-state index in [0.29, 0.717) is 11.7 Å². The molecule has 0 atom stereocenters. The maximum absolute atomic E-state index is 5.27. The molecule has 0 bridgehead atoms. The van der Waals surface area contributed by atoms with Gasteiger partial charge in [-0.1, -0.05) is 30.3 Å². The first-order valence-corrected chi connectivity index (χ1v) is 6.92. The predicted octanol–water partition coefficient (Wildman–Crippen LogP) is 3.24. The highest BCUT2D eigenvalue weighted by molar-refractivity contribution is 7.80. The Bertz CT molecular complexity index is 550. The predicted molar refractivity (Wildman–Crippen MR) is 90.3 cm³/mol. The standard InChI is InChI=1S/C16H19N3S/c1-19(2)15-10-8-13(9-11-15)12-17-16(20)18-14-6-4-3-5-7-14/h3-11H,12H2,1-2H3,(H2,17,18,20). The normalized spacial score (nSPS) is 9.90. The summed E-state index contributed by atoms with van der Waals surface area (Å²) < 4.78 is 0. The van der Waals surface area contributed by atoms with Gasteiger partial charge in [-0.3, -0.25) is 0 Å². The Morgan fingerprint density at radius 3 is 2.25 bits per heavy atom. The minimum atomic E-state index is 0.632. The number of nitrogens with zero attached hydrogens (tertiary/aromatic N) is 1. The molecular weight excluding hydrogens is 266 g/mol. The number of benzene rings is 2. The highest BCUT2D eigenvalue weighted by atomic mass is 32.1. The van der Waals surface area contributed by atoms with Crippen LogP contribution in [0.15, 0.2) is 54.6 Å². The second-order valence-electron chi connectivity index (χ2n) is 4.73. The van der Waals surface area contributed by atoms with Gasteiger partial charge in [0, 0.05) is 32.0 Å². The van der Waals surface area contributed by atoms with Gasteiger partial charge in [-0.25, -0.2) is 0 Å². The van der Waals surface area contributed by atoms with Crippen molar-refractivity contribution in [3.8, 4) is 0 Å². The second kappa shape index (κ2) is 6.91. The fourth-order valence-corrected chi connectivity index (χ4v) is 1.98. The van der Waals surface area contributed by atoms with Gasteiger partial charge in [0.15, 0.2) is 5.11 Å². The zero-order chi connectivity index (χ0) is 14.4. The van der Waals surface area contributed by atoms with Crippen LogP contribution in [-0.2, 0) is 6.54 Å².